The molecule has 1 aliphatic rings. The highest BCUT2D eigenvalue weighted by atomic mass is 19.3. The van der Waals surface area contributed by atoms with E-state index in [1.54, 1.807) is 0 Å². The molecular formula is C12H9F5N2O3. The summed E-state index contributed by atoms with van der Waals surface area (Å²) in [5.74, 6) is -6.78. The highest BCUT2D eigenvalue weighted by Gasteiger charge is 2.65. The van der Waals surface area contributed by atoms with Crippen molar-refractivity contribution in [1.82, 2.24) is 5.32 Å². The molecule has 0 spiro atoms. The molecule has 5 nitrogen and oxygen atoms in total. The summed E-state index contributed by atoms with van der Waals surface area (Å²) < 4.78 is 68.9. The number of nitro benzene ring substituents is 1. The topological polar surface area (TPSA) is 72.2 Å². The zero-order valence-electron chi connectivity index (χ0n) is 10.8. The minimum Gasteiger partial charge on any atom is -0.336 e. The predicted molar refractivity (Wildman–Crippen MR) is 63.1 cm³/mol. The SMILES string of the molecule is O=C1CCC(F)(F)[C@](c2cc([N+](=O)[O-])ccc2F)(C(F)F)N1. The number of hydrogen-bond donors (Lipinski definition) is 1. The van der Waals surface area contributed by atoms with Crippen molar-refractivity contribution in [2.24, 2.45) is 0 Å². The van der Waals surface area contributed by atoms with Crippen molar-refractivity contribution < 1.29 is 31.7 Å². The van der Waals surface area contributed by atoms with Crippen molar-refractivity contribution in [2.75, 3.05) is 0 Å². The van der Waals surface area contributed by atoms with E-state index in [2.05, 4.69) is 0 Å². The first-order chi connectivity index (χ1) is 10.1. The molecule has 1 aliphatic heterocycles. The lowest BCUT2D eigenvalue weighted by molar-refractivity contribution is -0.385. The van der Waals surface area contributed by atoms with E-state index in [1.165, 1.54) is 5.32 Å². The average molecular weight is 324 g/mol. The van der Waals surface area contributed by atoms with E-state index in [-0.39, 0.29) is 0 Å². The molecule has 10 heteroatoms. The van der Waals surface area contributed by atoms with E-state index in [1.807, 2.05) is 0 Å². The van der Waals surface area contributed by atoms with Crippen molar-refractivity contribution in [3.05, 3.63) is 39.7 Å². The van der Waals surface area contributed by atoms with E-state index in [4.69, 9.17) is 0 Å². The number of amides is 1. The Balaban J connectivity index is 2.73. The van der Waals surface area contributed by atoms with E-state index in [9.17, 15) is 36.9 Å². The molecule has 1 heterocycles. The number of nitrogens with zero attached hydrogens (tertiary/aromatic N) is 1. The Morgan fingerprint density at radius 3 is 2.50 bits per heavy atom. The molecule has 22 heavy (non-hydrogen) atoms. The van der Waals surface area contributed by atoms with Gasteiger partial charge in [-0.25, -0.2) is 22.0 Å². The molecule has 1 amide bonds. The molecule has 1 aromatic rings. The van der Waals surface area contributed by atoms with Gasteiger partial charge in [0.15, 0.2) is 5.54 Å². The van der Waals surface area contributed by atoms with Crippen molar-refractivity contribution in [2.45, 2.75) is 30.7 Å². The van der Waals surface area contributed by atoms with Crippen LogP contribution < -0.4 is 5.32 Å². The summed E-state index contributed by atoms with van der Waals surface area (Å²) in [6.45, 7) is 0. The summed E-state index contributed by atoms with van der Waals surface area (Å²) in [5.41, 5.74) is -5.79. The van der Waals surface area contributed by atoms with Crippen LogP contribution in [0.3, 0.4) is 0 Å². The molecule has 120 valence electrons. The van der Waals surface area contributed by atoms with Crippen LogP contribution >= 0.6 is 0 Å². The fourth-order valence-corrected chi connectivity index (χ4v) is 2.37. The number of alkyl halides is 4. The Labute approximate surface area is 120 Å². The van der Waals surface area contributed by atoms with Crippen molar-refractivity contribution in [1.29, 1.82) is 0 Å². The van der Waals surface area contributed by atoms with Crippen LogP contribution in [0.4, 0.5) is 27.6 Å². The lowest BCUT2D eigenvalue weighted by Crippen LogP contribution is -2.65. The zero-order chi connectivity index (χ0) is 16.7. The highest BCUT2D eigenvalue weighted by molar-refractivity contribution is 5.79. The van der Waals surface area contributed by atoms with Crippen LogP contribution in [-0.4, -0.2) is 23.2 Å². The highest BCUT2D eigenvalue weighted by Crippen LogP contribution is 2.48. The first-order valence-electron chi connectivity index (χ1n) is 6.03. The van der Waals surface area contributed by atoms with E-state index in [0.29, 0.717) is 18.2 Å². The fourth-order valence-electron chi connectivity index (χ4n) is 2.37. The van der Waals surface area contributed by atoms with Gasteiger partial charge >= 0.3 is 0 Å². The second kappa shape index (κ2) is 5.18. The number of benzene rings is 1. The van der Waals surface area contributed by atoms with Gasteiger partial charge in [0, 0.05) is 30.5 Å². The molecule has 1 aromatic carbocycles. The zero-order valence-corrected chi connectivity index (χ0v) is 10.8. The standard InChI is InChI=1S/C12H9F5N2O3/c13-8-2-1-6(19(21)22)5-7(8)12(10(14)15)11(16,17)4-3-9(20)18-12/h1-2,5,10H,3-4H2,(H,18,20)/t12-/m0/s1. The Hall–Kier alpha value is -2.26. The first kappa shape index (κ1) is 16.1. The summed E-state index contributed by atoms with van der Waals surface area (Å²) in [6.07, 6.45) is -5.80. The smallest absolute Gasteiger partial charge is 0.281 e. The number of nitrogens with one attached hydrogen (secondary N) is 1. The third-order valence-corrected chi connectivity index (χ3v) is 3.49. The molecule has 0 aliphatic carbocycles. The Kier molecular flexibility index (Phi) is 3.80. The first-order valence-corrected chi connectivity index (χ1v) is 6.03. The fraction of sp³-hybridized carbons (Fsp3) is 0.417. The number of carbonyl (C=O) groups excluding carboxylic acids is 1. The van der Waals surface area contributed by atoms with Crippen molar-refractivity contribution in [3.8, 4) is 0 Å². The summed E-state index contributed by atoms with van der Waals surface area (Å²) in [7, 11) is 0. The van der Waals surface area contributed by atoms with Gasteiger partial charge in [0.05, 0.1) is 4.92 Å². The van der Waals surface area contributed by atoms with Crippen LogP contribution in [0.5, 0.6) is 0 Å². The van der Waals surface area contributed by atoms with Crippen LogP contribution in [-0.2, 0) is 10.3 Å². The van der Waals surface area contributed by atoms with E-state index in [0.717, 1.165) is 0 Å². The number of carbonyl (C=O) groups is 1. The summed E-state index contributed by atoms with van der Waals surface area (Å²) in [4.78, 5) is 21.0. The minimum atomic E-state index is -4.18. The average Bonchev–Trinajstić information content (AvgIpc) is 2.41. The Morgan fingerprint density at radius 2 is 1.95 bits per heavy atom. The van der Waals surface area contributed by atoms with Gasteiger partial charge in [0.25, 0.3) is 18.0 Å². The number of piperidine rings is 1. The third kappa shape index (κ3) is 2.28. The maximum atomic E-state index is 14.1. The monoisotopic (exact) mass is 324 g/mol. The minimum absolute atomic E-state index is 0.293. The van der Waals surface area contributed by atoms with Gasteiger partial charge in [-0.3, -0.25) is 14.9 Å². The van der Waals surface area contributed by atoms with Gasteiger partial charge < -0.3 is 5.32 Å². The van der Waals surface area contributed by atoms with Gasteiger partial charge in [0.1, 0.15) is 5.82 Å². The second-order valence-electron chi connectivity index (χ2n) is 4.78. The molecule has 1 N–H and O–H groups in total. The number of rotatable bonds is 3. The molecular weight excluding hydrogens is 315 g/mol. The number of halogens is 5. The van der Waals surface area contributed by atoms with E-state index < -0.39 is 58.6 Å². The number of nitro groups is 1. The summed E-state index contributed by atoms with van der Waals surface area (Å²) in [6, 6.07) is 1.39. The maximum Gasteiger partial charge on any atom is 0.281 e. The second-order valence-corrected chi connectivity index (χ2v) is 4.78. The van der Waals surface area contributed by atoms with Gasteiger partial charge in [-0.15, -0.1) is 0 Å². The van der Waals surface area contributed by atoms with Crippen molar-refractivity contribution >= 4 is 11.6 Å². The number of non-ortho nitro benzene ring substituents is 1. The van der Waals surface area contributed by atoms with Crippen LogP contribution in [0.1, 0.15) is 18.4 Å². The molecule has 0 saturated carbocycles. The Morgan fingerprint density at radius 1 is 1.32 bits per heavy atom. The lowest BCUT2D eigenvalue weighted by Gasteiger charge is -2.43. The largest absolute Gasteiger partial charge is 0.336 e. The summed E-state index contributed by atoms with van der Waals surface area (Å²) in [5, 5.41) is 12.1. The lowest BCUT2D eigenvalue weighted by atomic mass is 9.78. The van der Waals surface area contributed by atoms with Crippen LogP contribution in [0.15, 0.2) is 18.2 Å². The van der Waals surface area contributed by atoms with Crippen LogP contribution in [0, 0.1) is 15.9 Å². The molecule has 2 rings (SSSR count). The van der Waals surface area contributed by atoms with E-state index >= 15 is 0 Å². The molecule has 1 fully saturated rings. The maximum absolute atomic E-state index is 14.1. The van der Waals surface area contributed by atoms with Gasteiger partial charge in [-0.1, -0.05) is 0 Å². The number of hydrogen-bond acceptors (Lipinski definition) is 3. The molecule has 0 unspecified atom stereocenters. The van der Waals surface area contributed by atoms with Gasteiger partial charge in [0.2, 0.25) is 5.91 Å². The molecule has 0 radical (unpaired) electrons. The molecule has 1 atom stereocenters. The summed E-state index contributed by atoms with van der Waals surface area (Å²) >= 11 is 0. The van der Waals surface area contributed by atoms with Gasteiger partial charge in [-0.2, -0.15) is 0 Å². The van der Waals surface area contributed by atoms with Crippen molar-refractivity contribution in [3.63, 3.8) is 0 Å². The predicted octanol–water partition coefficient (Wildman–Crippen LogP) is 2.74. The van der Waals surface area contributed by atoms with Crippen LogP contribution in [0.2, 0.25) is 0 Å². The molecule has 0 aromatic heterocycles. The molecule has 0 bridgehead atoms. The Bertz CT molecular complexity index is 637. The third-order valence-electron chi connectivity index (χ3n) is 3.49. The quantitative estimate of drug-likeness (QED) is 0.528. The van der Waals surface area contributed by atoms with Gasteiger partial charge in [-0.05, 0) is 6.07 Å². The molecule has 1 saturated heterocycles. The normalized spacial score (nSPS) is 24.2. The van der Waals surface area contributed by atoms with Crippen LogP contribution in [0.25, 0.3) is 0 Å².